The van der Waals surface area contributed by atoms with E-state index in [0.29, 0.717) is 12.3 Å². The number of nitrogens with zero attached hydrogens (tertiary/aromatic N) is 3. The van der Waals surface area contributed by atoms with Crippen molar-refractivity contribution >= 4 is 5.97 Å². The largest absolute Gasteiger partial charge is 0.477 e. The topological polar surface area (TPSA) is 75.6 Å². The van der Waals surface area contributed by atoms with Crippen molar-refractivity contribution < 1.29 is 14.6 Å². The van der Waals surface area contributed by atoms with Crippen LogP contribution in [-0.4, -0.2) is 53.2 Å². The van der Waals surface area contributed by atoms with Gasteiger partial charge in [0.2, 0.25) is 0 Å². The van der Waals surface area contributed by atoms with Crippen LogP contribution in [0.2, 0.25) is 0 Å². The van der Waals surface area contributed by atoms with Gasteiger partial charge in [0, 0.05) is 12.2 Å². The standard InChI is InChI=1S/C11H17N3O3/c1-8-7-9(10(15)16)13-11(12-8)17-6-4-5-14(2)3/h7H,4-6H2,1-3H3,(H,15,16). The lowest BCUT2D eigenvalue weighted by molar-refractivity contribution is 0.0688. The van der Waals surface area contributed by atoms with Gasteiger partial charge in [-0.15, -0.1) is 0 Å². The first-order valence-corrected chi connectivity index (χ1v) is 5.35. The van der Waals surface area contributed by atoms with Crippen molar-refractivity contribution in [3.8, 4) is 6.01 Å². The predicted molar refractivity (Wildman–Crippen MR) is 62.4 cm³/mol. The lowest BCUT2D eigenvalue weighted by atomic mass is 10.3. The Morgan fingerprint density at radius 1 is 1.47 bits per heavy atom. The quantitative estimate of drug-likeness (QED) is 0.740. The van der Waals surface area contributed by atoms with E-state index in [1.165, 1.54) is 6.07 Å². The fourth-order valence-electron chi connectivity index (χ4n) is 1.26. The molecule has 0 saturated carbocycles. The number of aromatic nitrogens is 2. The molecule has 0 aliphatic carbocycles. The minimum absolute atomic E-state index is 0.0416. The molecule has 0 spiro atoms. The Bertz CT molecular complexity index is 394. The highest BCUT2D eigenvalue weighted by atomic mass is 16.5. The van der Waals surface area contributed by atoms with E-state index < -0.39 is 5.97 Å². The molecule has 0 amide bonds. The van der Waals surface area contributed by atoms with Crippen LogP contribution in [0.3, 0.4) is 0 Å². The molecule has 0 atom stereocenters. The van der Waals surface area contributed by atoms with Crippen molar-refractivity contribution in [2.24, 2.45) is 0 Å². The lowest BCUT2D eigenvalue weighted by Gasteiger charge is -2.09. The van der Waals surface area contributed by atoms with Crippen LogP contribution in [0.1, 0.15) is 22.6 Å². The summed E-state index contributed by atoms with van der Waals surface area (Å²) in [4.78, 5) is 20.6. The SMILES string of the molecule is Cc1cc(C(=O)O)nc(OCCCN(C)C)n1. The Kier molecular flexibility index (Phi) is 4.84. The Labute approximate surface area is 100 Å². The third-order valence-electron chi connectivity index (χ3n) is 2.03. The van der Waals surface area contributed by atoms with Crippen molar-refractivity contribution in [1.29, 1.82) is 0 Å². The molecule has 0 aliphatic heterocycles. The number of carboxylic acids is 1. The van der Waals surface area contributed by atoms with Crippen LogP contribution in [0.4, 0.5) is 0 Å². The fraction of sp³-hybridized carbons (Fsp3) is 0.545. The summed E-state index contributed by atoms with van der Waals surface area (Å²) in [6.07, 6.45) is 0.840. The van der Waals surface area contributed by atoms with E-state index in [-0.39, 0.29) is 11.7 Å². The molecule has 17 heavy (non-hydrogen) atoms. The summed E-state index contributed by atoms with van der Waals surface area (Å²) in [5, 5.41) is 8.83. The highest BCUT2D eigenvalue weighted by molar-refractivity contribution is 5.85. The summed E-state index contributed by atoms with van der Waals surface area (Å²) >= 11 is 0. The van der Waals surface area contributed by atoms with E-state index in [1.807, 2.05) is 19.0 Å². The van der Waals surface area contributed by atoms with E-state index in [0.717, 1.165) is 13.0 Å². The summed E-state index contributed by atoms with van der Waals surface area (Å²) < 4.78 is 5.32. The Morgan fingerprint density at radius 2 is 2.18 bits per heavy atom. The van der Waals surface area contributed by atoms with Crippen molar-refractivity contribution in [3.63, 3.8) is 0 Å². The first-order valence-electron chi connectivity index (χ1n) is 5.35. The molecule has 0 aromatic carbocycles. The van der Waals surface area contributed by atoms with Crippen molar-refractivity contribution in [3.05, 3.63) is 17.5 Å². The lowest BCUT2D eigenvalue weighted by Crippen LogP contribution is -2.16. The predicted octanol–water partition coefficient (Wildman–Crippen LogP) is 0.814. The first kappa shape index (κ1) is 13.4. The second-order valence-electron chi connectivity index (χ2n) is 3.99. The molecule has 6 nitrogen and oxygen atoms in total. The number of ether oxygens (including phenoxy) is 1. The maximum absolute atomic E-state index is 10.8. The summed E-state index contributed by atoms with van der Waals surface area (Å²) in [6, 6.07) is 1.54. The first-order chi connectivity index (χ1) is 7.99. The molecule has 6 heteroatoms. The van der Waals surface area contributed by atoms with Crippen molar-refractivity contribution in [2.45, 2.75) is 13.3 Å². The minimum atomic E-state index is -1.08. The normalized spacial score (nSPS) is 10.6. The van der Waals surface area contributed by atoms with Gasteiger partial charge >= 0.3 is 12.0 Å². The summed E-state index contributed by atoms with van der Waals surface area (Å²) in [7, 11) is 3.96. The Morgan fingerprint density at radius 3 is 2.76 bits per heavy atom. The van der Waals surface area contributed by atoms with Gasteiger partial charge in [-0.05, 0) is 33.5 Å². The fourth-order valence-corrected chi connectivity index (χ4v) is 1.26. The molecule has 94 valence electrons. The molecule has 0 bridgehead atoms. The zero-order valence-electron chi connectivity index (χ0n) is 10.3. The van der Waals surface area contributed by atoms with E-state index in [9.17, 15) is 4.79 Å². The molecule has 0 saturated heterocycles. The van der Waals surface area contributed by atoms with E-state index in [2.05, 4.69) is 9.97 Å². The van der Waals surface area contributed by atoms with Gasteiger partial charge in [0.25, 0.3) is 0 Å². The Hall–Kier alpha value is -1.69. The number of rotatable bonds is 6. The van der Waals surface area contributed by atoms with Gasteiger partial charge in [-0.1, -0.05) is 0 Å². The monoisotopic (exact) mass is 239 g/mol. The summed E-state index contributed by atoms with van der Waals surface area (Å²) in [6.45, 7) is 3.08. The van der Waals surface area contributed by atoms with Crippen molar-refractivity contribution in [2.75, 3.05) is 27.2 Å². The van der Waals surface area contributed by atoms with Crippen LogP contribution in [0.5, 0.6) is 6.01 Å². The van der Waals surface area contributed by atoms with Crippen LogP contribution in [-0.2, 0) is 0 Å². The number of carboxylic acid groups (broad SMARTS) is 1. The van der Waals surface area contributed by atoms with Crippen molar-refractivity contribution in [1.82, 2.24) is 14.9 Å². The van der Waals surface area contributed by atoms with Gasteiger partial charge in [-0.25, -0.2) is 9.78 Å². The van der Waals surface area contributed by atoms with Gasteiger partial charge in [0.1, 0.15) is 0 Å². The Balaban J connectivity index is 2.56. The molecule has 0 radical (unpaired) electrons. The molecule has 1 N–H and O–H groups in total. The van der Waals surface area contributed by atoms with Crippen LogP contribution >= 0.6 is 0 Å². The zero-order chi connectivity index (χ0) is 12.8. The van der Waals surface area contributed by atoms with Crippen LogP contribution in [0, 0.1) is 6.92 Å². The maximum atomic E-state index is 10.8. The average Bonchev–Trinajstić information content (AvgIpc) is 2.23. The third-order valence-corrected chi connectivity index (χ3v) is 2.03. The van der Waals surface area contributed by atoms with Gasteiger partial charge < -0.3 is 14.7 Å². The van der Waals surface area contributed by atoms with E-state index in [4.69, 9.17) is 9.84 Å². The number of aryl methyl sites for hydroxylation is 1. The third kappa shape index (κ3) is 4.78. The molecule has 0 unspecified atom stereocenters. The van der Waals surface area contributed by atoms with Gasteiger partial charge in [-0.3, -0.25) is 0 Å². The van der Waals surface area contributed by atoms with Crippen LogP contribution in [0.25, 0.3) is 0 Å². The van der Waals surface area contributed by atoms with Gasteiger partial charge in [-0.2, -0.15) is 4.98 Å². The van der Waals surface area contributed by atoms with Crippen LogP contribution < -0.4 is 4.74 Å². The highest BCUT2D eigenvalue weighted by Gasteiger charge is 2.09. The van der Waals surface area contributed by atoms with Gasteiger partial charge in [0.05, 0.1) is 6.61 Å². The van der Waals surface area contributed by atoms with Gasteiger partial charge in [0.15, 0.2) is 5.69 Å². The second kappa shape index (κ2) is 6.15. The smallest absolute Gasteiger partial charge is 0.354 e. The summed E-state index contributed by atoms with van der Waals surface area (Å²) in [5.41, 5.74) is 0.542. The van der Waals surface area contributed by atoms with E-state index in [1.54, 1.807) is 6.92 Å². The highest BCUT2D eigenvalue weighted by Crippen LogP contribution is 2.07. The zero-order valence-corrected chi connectivity index (χ0v) is 10.3. The van der Waals surface area contributed by atoms with Crippen LogP contribution in [0.15, 0.2) is 6.07 Å². The molecule has 1 rings (SSSR count). The average molecular weight is 239 g/mol. The second-order valence-corrected chi connectivity index (χ2v) is 3.99. The molecule has 0 fully saturated rings. The summed E-state index contributed by atoms with van der Waals surface area (Å²) in [5.74, 6) is -1.08. The number of hydrogen-bond donors (Lipinski definition) is 1. The molecule has 1 aromatic rings. The molecule has 1 aromatic heterocycles. The molecule has 0 aliphatic rings. The molecular formula is C11H17N3O3. The number of hydrogen-bond acceptors (Lipinski definition) is 5. The number of carbonyl (C=O) groups is 1. The minimum Gasteiger partial charge on any atom is -0.477 e. The maximum Gasteiger partial charge on any atom is 0.354 e. The number of aromatic carboxylic acids is 1. The van der Waals surface area contributed by atoms with E-state index >= 15 is 0 Å². The molecular weight excluding hydrogens is 222 g/mol. The molecule has 1 heterocycles.